The van der Waals surface area contributed by atoms with Gasteiger partial charge in [-0.15, -0.1) is 0 Å². The summed E-state index contributed by atoms with van der Waals surface area (Å²) in [5, 5.41) is 0. The molecule has 1 rings (SSSR count). The average Bonchev–Trinajstić information content (AvgIpc) is 1.93. The second kappa shape index (κ2) is 3.51. The predicted octanol–water partition coefficient (Wildman–Crippen LogP) is 2.71. The first-order valence-corrected chi connectivity index (χ1v) is 3.51. The number of rotatable bonds is 2. The van der Waals surface area contributed by atoms with Crippen LogP contribution < -0.4 is 0 Å². The van der Waals surface area contributed by atoms with Crippen molar-refractivity contribution in [2.75, 3.05) is 0 Å². The third kappa shape index (κ3) is 2.70. The topological polar surface area (TPSA) is 9.23 Å². The summed E-state index contributed by atoms with van der Waals surface area (Å²) >= 11 is 0. The highest BCUT2D eigenvalue weighted by molar-refractivity contribution is 5.17. The summed E-state index contributed by atoms with van der Waals surface area (Å²) in [4.78, 5) is 0. The van der Waals surface area contributed by atoms with Gasteiger partial charge in [0.1, 0.15) is 5.76 Å². The standard InChI is InChI=1S/C8H10F2O/c1-6-2-4-7(5-3-6)11-8(9)10/h2,4-6,8H,3H2,1H3/t6-/m1/s1. The van der Waals surface area contributed by atoms with Gasteiger partial charge in [-0.25, -0.2) is 0 Å². The van der Waals surface area contributed by atoms with Crippen LogP contribution in [0.1, 0.15) is 13.3 Å². The lowest BCUT2D eigenvalue weighted by atomic mass is 10.0. The molecule has 0 aliphatic heterocycles. The van der Waals surface area contributed by atoms with Crippen LogP contribution in [-0.2, 0) is 4.74 Å². The molecular formula is C8H10F2O. The van der Waals surface area contributed by atoms with Gasteiger partial charge in [-0.1, -0.05) is 13.0 Å². The molecule has 1 atom stereocenters. The SMILES string of the molecule is C[C@@H]1C=CC(OC(F)F)=CC1. The highest BCUT2D eigenvalue weighted by atomic mass is 19.3. The molecule has 1 aliphatic carbocycles. The maximum atomic E-state index is 11.6. The molecule has 0 heterocycles. The molecule has 0 fully saturated rings. The van der Waals surface area contributed by atoms with Crippen LogP contribution in [0.15, 0.2) is 24.0 Å². The van der Waals surface area contributed by atoms with Crippen molar-refractivity contribution >= 4 is 0 Å². The Balaban J connectivity index is 2.43. The Bertz CT molecular complexity index is 185. The van der Waals surface area contributed by atoms with Gasteiger partial charge in [0.2, 0.25) is 0 Å². The van der Waals surface area contributed by atoms with Crippen molar-refractivity contribution < 1.29 is 13.5 Å². The molecular weight excluding hydrogens is 150 g/mol. The van der Waals surface area contributed by atoms with Gasteiger partial charge < -0.3 is 4.74 Å². The van der Waals surface area contributed by atoms with E-state index in [1.54, 1.807) is 12.2 Å². The number of halogens is 2. The normalized spacial score (nSPS) is 23.6. The first-order valence-electron chi connectivity index (χ1n) is 3.51. The van der Waals surface area contributed by atoms with Crippen LogP contribution in [0.25, 0.3) is 0 Å². The molecule has 0 amide bonds. The maximum absolute atomic E-state index is 11.6. The van der Waals surface area contributed by atoms with Gasteiger partial charge in [-0.2, -0.15) is 8.78 Å². The Morgan fingerprint density at radius 3 is 2.82 bits per heavy atom. The fourth-order valence-corrected chi connectivity index (χ4v) is 0.898. The molecule has 0 aromatic carbocycles. The van der Waals surface area contributed by atoms with Crippen LogP contribution in [-0.4, -0.2) is 6.61 Å². The van der Waals surface area contributed by atoms with Gasteiger partial charge in [0, 0.05) is 0 Å². The predicted molar refractivity (Wildman–Crippen MR) is 38.1 cm³/mol. The van der Waals surface area contributed by atoms with Crippen molar-refractivity contribution in [1.82, 2.24) is 0 Å². The molecule has 0 N–H and O–H groups in total. The summed E-state index contributed by atoms with van der Waals surface area (Å²) in [6.07, 6.45) is 5.90. The summed E-state index contributed by atoms with van der Waals surface area (Å²) in [5.74, 6) is 0.707. The minimum Gasteiger partial charge on any atom is -0.435 e. The summed E-state index contributed by atoms with van der Waals surface area (Å²) in [7, 11) is 0. The smallest absolute Gasteiger partial charge is 0.387 e. The first kappa shape index (κ1) is 8.24. The lowest BCUT2D eigenvalue weighted by molar-refractivity contribution is -0.0926. The maximum Gasteiger partial charge on any atom is 0.387 e. The zero-order valence-electron chi connectivity index (χ0n) is 6.26. The second-order valence-corrected chi connectivity index (χ2v) is 2.56. The Kier molecular flexibility index (Phi) is 2.63. The molecule has 0 spiro atoms. The van der Waals surface area contributed by atoms with Crippen molar-refractivity contribution in [3.8, 4) is 0 Å². The molecule has 0 bridgehead atoms. The van der Waals surface area contributed by atoms with Gasteiger partial charge >= 0.3 is 6.61 Å². The van der Waals surface area contributed by atoms with E-state index in [0.29, 0.717) is 5.92 Å². The Labute approximate surface area is 64.4 Å². The second-order valence-electron chi connectivity index (χ2n) is 2.56. The van der Waals surface area contributed by atoms with E-state index in [2.05, 4.69) is 4.74 Å². The van der Waals surface area contributed by atoms with E-state index in [-0.39, 0.29) is 5.76 Å². The third-order valence-corrected chi connectivity index (χ3v) is 1.51. The monoisotopic (exact) mass is 160 g/mol. The average molecular weight is 160 g/mol. The highest BCUT2D eigenvalue weighted by Crippen LogP contribution is 2.17. The van der Waals surface area contributed by atoms with Crippen LogP contribution in [0, 0.1) is 5.92 Å². The van der Waals surface area contributed by atoms with Crippen LogP contribution in [0.2, 0.25) is 0 Å². The molecule has 1 aliphatic rings. The summed E-state index contributed by atoms with van der Waals surface area (Å²) < 4.78 is 27.4. The van der Waals surface area contributed by atoms with Gasteiger partial charge in [0.15, 0.2) is 0 Å². The Morgan fingerprint density at radius 1 is 1.64 bits per heavy atom. The Morgan fingerprint density at radius 2 is 2.36 bits per heavy atom. The molecule has 62 valence electrons. The zero-order valence-corrected chi connectivity index (χ0v) is 6.26. The van der Waals surface area contributed by atoms with Gasteiger partial charge in [-0.05, 0) is 24.5 Å². The van der Waals surface area contributed by atoms with Crippen molar-refractivity contribution in [2.24, 2.45) is 5.92 Å². The number of ether oxygens (including phenoxy) is 1. The van der Waals surface area contributed by atoms with Gasteiger partial charge in [0.25, 0.3) is 0 Å². The van der Waals surface area contributed by atoms with E-state index < -0.39 is 6.61 Å². The fraction of sp³-hybridized carbons (Fsp3) is 0.500. The highest BCUT2D eigenvalue weighted by Gasteiger charge is 2.08. The zero-order chi connectivity index (χ0) is 8.27. The first-order chi connectivity index (χ1) is 5.18. The lowest BCUT2D eigenvalue weighted by Crippen LogP contribution is -2.01. The third-order valence-electron chi connectivity index (χ3n) is 1.51. The molecule has 1 nitrogen and oxygen atoms in total. The van der Waals surface area contributed by atoms with Crippen molar-refractivity contribution in [3.05, 3.63) is 24.0 Å². The van der Waals surface area contributed by atoms with E-state index >= 15 is 0 Å². The van der Waals surface area contributed by atoms with Crippen molar-refractivity contribution in [1.29, 1.82) is 0 Å². The molecule has 0 aromatic rings. The molecule has 0 radical (unpaired) electrons. The minimum absolute atomic E-state index is 0.276. The van der Waals surface area contributed by atoms with E-state index in [1.165, 1.54) is 0 Å². The van der Waals surface area contributed by atoms with E-state index in [4.69, 9.17) is 0 Å². The van der Waals surface area contributed by atoms with Crippen LogP contribution >= 0.6 is 0 Å². The molecule has 3 heteroatoms. The largest absolute Gasteiger partial charge is 0.435 e. The van der Waals surface area contributed by atoms with Crippen molar-refractivity contribution in [2.45, 2.75) is 20.0 Å². The number of alkyl halides is 2. The van der Waals surface area contributed by atoms with Crippen molar-refractivity contribution in [3.63, 3.8) is 0 Å². The molecule has 11 heavy (non-hydrogen) atoms. The quantitative estimate of drug-likeness (QED) is 0.603. The minimum atomic E-state index is -2.71. The molecule has 0 saturated heterocycles. The van der Waals surface area contributed by atoms with Crippen LogP contribution in [0.4, 0.5) is 8.78 Å². The van der Waals surface area contributed by atoms with Gasteiger partial charge in [-0.3, -0.25) is 0 Å². The summed E-state index contributed by atoms with van der Waals surface area (Å²) in [5.41, 5.74) is 0. The van der Waals surface area contributed by atoms with Gasteiger partial charge in [0.05, 0.1) is 0 Å². The molecule has 0 unspecified atom stereocenters. The number of allylic oxidation sites excluding steroid dienone is 3. The van der Waals surface area contributed by atoms with E-state index in [9.17, 15) is 8.78 Å². The summed E-state index contributed by atoms with van der Waals surface area (Å²) in [6, 6.07) is 0. The molecule has 0 saturated carbocycles. The van der Waals surface area contributed by atoms with E-state index in [0.717, 1.165) is 6.42 Å². The fourth-order valence-electron chi connectivity index (χ4n) is 0.898. The number of hydrogen-bond donors (Lipinski definition) is 0. The lowest BCUT2D eigenvalue weighted by Gasteiger charge is -2.11. The van der Waals surface area contributed by atoms with E-state index in [1.807, 2.05) is 13.0 Å². The Hall–Kier alpha value is -0.860. The van der Waals surface area contributed by atoms with Crippen LogP contribution in [0.3, 0.4) is 0 Å². The summed E-state index contributed by atoms with van der Waals surface area (Å²) in [6.45, 7) is -0.689. The molecule has 0 aromatic heterocycles. The number of hydrogen-bond acceptors (Lipinski definition) is 1. The van der Waals surface area contributed by atoms with Crippen LogP contribution in [0.5, 0.6) is 0 Å².